The molecule has 0 saturated heterocycles. The number of carbonyl (C=O) groups is 2. The van der Waals surface area contributed by atoms with Crippen molar-refractivity contribution in [3.63, 3.8) is 0 Å². The van der Waals surface area contributed by atoms with E-state index in [0.29, 0.717) is 22.0 Å². The van der Waals surface area contributed by atoms with Crippen LogP contribution in [0.2, 0.25) is 10.0 Å². The number of hydrogen-bond donors (Lipinski definition) is 1. The first-order chi connectivity index (χ1) is 17.4. The molecule has 0 aromatic heterocycles. The lowest BCUT2D eigenvalue weighted by Crippen LogP contribution is -2.50. The summed E-state index contributed by atoms with van der Waals surface area (Å²) in [7, 11) is -3.79. The van der Waals surface area contributed by atoms with Gasteiger partial charge in [0.05, 0.1) is 11.9 Å². The molecule has 0 aliphatic rings. The third-order valence-corrected chi connectivity index (χ3v) is 7.78. The number of nitrogens with zero attached hydrogens (tertiary/aromatic N) is 2. The number of amides is 2. The minimum Gasteiger partial charge on any atom is -0.352 e. The van der Waals surface area contributed by atoms with Gasteiger partial charge in [-0.05, 0) is 56.0 Å². The number of rotatable bonds is 13. The molecule has 7 nitrogen and oxygen atoms in total. The highest BCUT2D eigenvalue weighted by Crippen LogP contribution is 2.25. The maximum absolute atomic E-state index is 14.3. The molecule has 2 rings (SSSR count). The molecule has 2 atom stereocenters. The van der Waals surface area contributed by atoms with E-state index < -0.39 is 21.9 Å². The van der Waals surface area contributed by atoms with Gasteiger partial charge < -0.3 is 10.2 Å². The lowest BCUT2D eigenvalue weighted by atomic mass is 10.1. The minimum absolute atomic E-state index is 0.0568. The third-order valence-electron chi connectivity index (χ3n) is 6.02. The smallest absolute Gasteiger partial charge is 0.243 e. The van der Waals surface area contributed by atoms with Crippen LogP contribution >= 0.6 is 23.2 Å². The average molecular weight is 575 g/mol. The Labute approximate surface area is 229 Å². The summed E-state index contributed by atoms with van der Waals surface area (Å²) < 4.78 is 40.0. The van der Waals surface area contributed by atoms with Crippen LogP contribution in [0.3, 0.4) is 0 Å². The van der Waals surface area contributed by atoms with Gasteiger partial charge in [0, 0.05) is 35.6 Å². The molecular weight excluding hydrogens is 540 g/mol. The fourth-order valence-electron chi connectivity index (χ4n) is 3.83. The summed E-state index contributed by atoms with van der Waals surface area (Å²) in [6, 6.07) is 9.67. The molecule has 37 heavy (non-hydrogen) atoms. The zero-order valence-corrected chi connectivity index (χ0v) is 23.8. The number of sulfonamides is 1. The molecular formula is C26H34Cl2FN3O4S. The van der Waals surface area contributed by atoms with Gasteiger partial charge in [0.1, 0.15) is 11.9 Å². The van der Waals surface area contributed by atoms with Gasteiger partial charge in [0.25, 0.3) is 0 Å². The lowest BCUT2D eigenvalue weighted by molar-refractivity contribution is -0.141. The first kappa shape index (κ1) is 30.9. The van der Waals surface area contributed by atoms with E-state index in [1.165, 1.54) is 23.1 Å². The Morgan fingerprint density at radius 2 is 1.76 bits per heavy atom. The van der Waals surface area contributed by atoms with Gasteiger partial charge in [-0.1, -0.05) is 55.2 Å². The minimum atomic E-state index is -3.79. The second kappa shape index (κ2) is 14.0. The van der Waals surface area contributed by atoms with Gasteiger partial charge in [0.2, 0.25) is 21.8 Å². The lowest BCUT2D eigenvalue weighted by Gasteiger charge is -2.32. The van der Waals surface area contributed by atoms with Crippen LogP contribution in [0.25, 0.3) is 0 Å². The second-order valence-corrected chi connectivity index (χ2v) is 11.6. The van der Waals surface area contributed by atoms with Crippen LogP contribution in [0.15, 0.2) is 42.5 Å². The van der Waals surface area contributed by atoms with Crippen molar-refractivity contribution < 1.29 is 22.4 Å². The summed E-state index contributed by atoms with van der Waals surface area (Å²) in [6.45, 7) is 5.62. The fourth-order valence-corrected chi connectivity index (χ4v) is 5.26. The normalized spacial score (nSPS) is 13.1. The molecule has 0 fully saturated rings. The van der Waals surface area contributed by atoms with Gasteiger partial charge in [-0.15, -0.1) is 0 Å². The highest BCUT2D eigenvalue weighted by atomic mass is 35.5. The number of anilines is 1. The number of benzene rings is 2. The molecule has 11 heteroatoms. The molecule has 2 aromatic carbocycles. The fraction of sp³-hybridized carbons (Fsp3) is 0.462. The molecule has 2 amide bonds. The predicted molar refractivity (Wildman–Crippen MR) is 147 cm³/mol. The van der Waals surface area contributed by atoms with Crippen LogP contribution in [0.5, 0.6) is 0 Å². The maximum Gasteiger partial charge on any atom is 0.243 e. The molecule has 0 aliphatic carbocycles. The van der Waals surface area contributed by atoms with Crippen LogP contribution in [0.1, 0.15) is 52.0 Å². The van der Waals surface area contributed by atoms with Crippen LogP contribution in [0, 0.1) is 5.82 Å². The van der Waals surface area contributed by atoms with Crippen molar-refractivity contribution in [3.05, 3.63) is 63.9 Å². The van der Waals surface area contributed by atoms with Crippen molar-refractivity contribution in [1.29, 1.82) is 0 Å². The van der Waals surface area contributed by atoms with E-state index in [2.05, 4.69) is 5.32 Å². The third kappa shape index (κ3) is 8.86. The largest absolute Gasteiger partial charge is 0.352 e. The highest BCUT2D eigenvalue weighted by molar-refractivity contribution is 7.92. The van der Waals surface area contributed by atoms with E-state index in [1.54, 1.807) is 24.3 Å². The van der Waals surface area contributed by atoms with Crippen molar-refractivity contribution in [2.24, 2.45) is 0 Å². The summed E-state index contributed by atoms with van der Waals surface area (Å²) in [4.78, 5) is 28.0. The standard InChI is InChI=1S/C26H34Cl2FN3O4S/c1-5-18(3)30-26(34)23(6-2)31(17-19-13-14-20(27)16-21(19)28)25(33)12-9-15-32(37(4,35)36)24-11-8-7-10-22(24)29/h7-8,10-11,13-14,16,18,23H,5-6,9,12,15,17H2,1-4H3,(H,30,34). The zero-order chi connectivity index (χ0) is 27.8. The SMILES string of the molecule is CCC(C)NC(=O)C(CC)N(Cc1ccc(Cl)cc1Cl)C(=O)CCCN(c1ccccc1F)S(C)(=O)=O. The van der Waals surface area contributed by atoms with Gasteiger partial charge in [-0.2, -0.15) is 0 Å². The van der Waals surface area contributed by atoms with Gasteiger partial charge >= 0.3 is 0 Å². The molecule has 204 valence electrons. The molecule has 0 aliphatic heterocycles. The Bertz CT molecular complexity index is 1200. The Morgan fingerprint density at radius 1 is 1.08 bits per heavy atom. The van der Waals surface area contributed by atoms with Crippen molar-refractivity contribution in [1.82, 2.24) is 10.2 Å². The summed E-state index contributed by atoms with van der Waals surface area (Å²) in [5.41, 5.74) is 0.542. The second-order valence-electron chi connectivity index (χ2n) is 8.89. The average Bonchev–Trinajstić information content (AvgIpc) is 2.82. The number of carbonyl (C=O) groups excluding carboxylic acids is 2. The zero-order valence-electron chi connectivity index (χ0n) is 21.5. The van der Waals surface area contributed by atoms with Crippen LogP contribution in [-0.4, -0.2) is 50.0 Å². The topological polar surface area (TPSA) is 86.8 Å². The quantitative estimate of drug-likeness (QED) is 0.347. The molecule has 0 bridgehead atoms. The molecule has 0 spiro atoms. The number of halogens is 3. The van der Waals surface area contributed by atoms with Gasteiger partial charge in [-0.3, -0.25) is 13.9 Å². The van der Waals surface area contributed by atoms with Crippen molar-refractivity contribution >= 4 is 50.7 Å². The Balaban J connectivity index is 2.27. The van der Waals surface area contributed by atoms with Crippen LogP contribution in [0.4, 0.5) is 10.1 Å². The van der Waals surface area contributed by atoms with Crippen molar-refractivity contribution in [2.75, 3.05) is 17.1 Å². The first-order valence-corrected chi connectivity index (χ1v) is 14.7. The summed E-state index contributed by atoms with van der Waals surface area (Å²) in [6.07, 6.45) is 2.15. The predicted octanol–water partition coefficient (Wildman–Crippen LogP) is 5.40. The van der Waals surface area contributed by atoms with Crippen LogP contribution < -0.4 is 9.62 Å². The van der Waals surface area contributed by atoms with E-state index in [4.69, 9.17) is 23.2 Å². The molecule has 2 aromatic rings. The van der Waals surface area contributed by atoms with Crippen molar-refractivity contribution in [2.45, 2.75) is 65.1 Å². The summed E-state index contributed by atoms with van der Waals surface area (Å²) in [5, 5.41) is 3.74. The van der Waals surface area contributed by atoms with E-state index in [9.17, 15) is 22.4 Å². The number of hydrogen-bond acceptors (Lipinski definition) is 4. The van der Waals surface area contributed by atoms with E-state index in [0.717, 1.165) is 17.0 Å². The Kier molecular flexibility index (Phi) is 11.7. The Morgan fingerprint density at radius 3 is 2.32 bits per heavy atom. The number of nitrogens with one attached hydrogen (secondary N) is 1. The molecule has 0 heterocycles. The Hall–Kier alpha value is -2.36. The molecule has 0 radical (unpaired) electrons. The monoisotopic (exact) mass is 573 g/mol. The molecule has 1 N–H and O–H groups in total. The molecule has 2 unspecified atom stereocenters. The van der Waals surface area contributed by atoms with Gasteiger partial charge in [-0.25, -0.2) is 12.8 Å². The van der Waals surface area contributed by atoms with Crippen molar-refractivity contribution in [3.8, 4) is 0 Å². The summed E-state index contributed by atoms with van der Waals surface area (Å²) >= 11 is 12.4. The van der Waals surface area contributed by atoms with E-state index >= 15 is 0 Å². The van der Waals surface area contributed by atoms with E-state index in [-0.39, 0.29) is 49.5 Å². The van der Waals surface area contributed by atoms with E-state index in [1.807, 2.05) is 20.8 Å². The first-order valence-electron chi connectivity index (χ1n) is 12.1. The summed E-state index contributed by atoms with van der Waals surface area (Å²) in [5.74, 6) is -1.30. The number of para-hydroxylation sites is 1. The van der Waals surface area contributed by atoms with Gasteiger partial charge in [0.15, 0.2) is 0 Å². The highest BCUT2D eigenvalue weighted by Gasteiger charge is 2.30. The van der Waals surface area contributed by atoms with Crippen LogP contribution in [-0.2, 0) is 26.2 Å². The molecule has 0 saturated carbocycles. The maximum atomic E-state index is 14.3.